The highest BCUT2D eigenvalue weighted by molar-refractivity contribution is 7.90. The Labute approximate surface area is 82.0 Å². The highest BCUT2D eigenvalue weighted by Crippen LogP contribution is 2.24. The van der Waals surface area contributed by atoms with Gasteiger partial charge in [0.05, 0.1) is 5.75 Å². The average Bonchev–Trinajstić information content (AvgIpc) is 2.30. The Morgan fingerprint density at radius 2 is 2.23 bits per heavy atom. The minimum atomic E-state index is -3.11. The number of thiophene rings is 1. The van der Waals surface area contributed by atoms with Crippen molar-refractivity contribution in [1.29, 1.82) is 0 Å². The smallest absolute Gasteiger partial charge is 0.150 e. The highest BCUT2D eigenvalue weighted by Gasteiger charge is 2.16. The van der Waals surface area contributed by atoms with Gasteiger partial charge in [0, 0.05) is 11.1 Å². The van der Waals surface area contributed by atoms with Crippen molar-refractivity contribution >= 4 is 21.2 Å². The Hall–Kier alpha value is -0.390. The zero-order chi connectivity index (χ0) is 10.1. The Morgan fingerprint density at radius 1 is 1.62 bits per heavy atom. The van der Waals surface area contributed by atoms with E-state index in [9.17, 15) is 13.5 Å². The second-order valence-corrected chi connectivity index (χ2v) is 6.21. The van der Waals surface area contributed by atoms with Crippen LogP contribution in [0.5, 0.6) is 0 Å². The predicted octanol–water partition coefficient (Wildman–Crippen LogP) is 1.13. The van der Waals surface area contributed by atoms with Crippen LogP contribution < -0.4 is 0 Å². The van der Waals surface area contributed by atoms with Crippen LogP contribution >= 0.6 is 11.3 Å². The summed E-state index contributed by atoms with van der Waals surface area (Å²) in [6.07, 6.45) is 0.245. The van der Waals surface area contributed by atoms with E-state index in [4.69, 9.17) is 0 Å². The van der Waals surface area contributed by atoms with Gasteiger partial charge < -0.3 is 5.11 Å². The molecule has 1 aromatic heterocycles. The molecule has 0 aliphatic heterocycles. The third-order valence-corrected chi connectivity index (χ3v) is 3.71. The third-order valence-electron chi connectivity index (χ3n) is 1.66. The Morgan fingerprint density at radius 3 is 2.62 bits per heavy atom. The molecule has 1 atom stereocenters. The number of hydrogen-bond acceptors (Lipinski definition) is 4. The van der Waals surface area contributed by atoms with Crippen molar-refractivity contribution in [3.8, 4) is 0 Å². The van der Waals surface area contributed by atoms with Gasteiger partial charge in [-0.1, -0.05) is 0 Å². The number of aliphatic hydroxyl groups is 1. The molecule has 0 saturated carbocycles. The SMILES string of the molecule is Cc1ccsc1C(O)CS(C)(=O)=O. The molecule has 0 aromatic carbocycles. The summed E-state index contributed by atoms with van der Waals surface area (Å²) in [5, 5.41) is 11.4. The van der Waals surface area contributed by atoms with E-state index in [0.717, 1.165) is 16.7 Å². The first kappa shape index (κ1) is 10.7. The second-order valence-electron chi connectivity index (χ2n) is 3.08. The molecule has 0 fully saturated rings. The van der Waals surface area contributed by atoms with Gasteiger partial charge in [-0.05, 0) is 23.9 Å². The van der Waals surface area contributed by atoms with Crippen molar-refractivity contribution in [2.24, 2.45) is 0 Å². The molecule has 0 bridgehead atoms. The lowest BCUT2D eigenvalue weighted by molar-refractivity contribution is 0.205. The van der Waals surface area contributed by atoms with Gasteiger partial charge in [-0.2, -0.15) is 0 Å². The second kappa shape index (κ2) is 3.77. The Bertz CT molecular complexity index is 378. The molecule has 1 heterocycles. The van der Waals surface area contributed by atoms with Gasteiger partial charge in [0.2, 0.25) is 0 Å². The summed E-state index contributed by atoms with van der Waals surface area (Å²) in [5.74, 6) is -0.200. The summed E-state index contributed by atoms with van der Waals surface area (Å²) in [7, 11) is -3.11. The fraction of sp³-hybridized carbons (Fsp3) is 0.500. The van der Waals surface area contributed by atoms with Crippen LogP contribution in [0.25, 0.3) is 0 Å². The minimum Gasteiger partial charge on any atom is -0.387 e. The first-order chi connectivity index (χ1) is 5.90. The molecular formula is C8H12O3S2. The van der Waals surface area contributed by atoms with Crippen LogP contribution in [0.2, 0.25) is 0 Å². The minimum absolute atomic E-state index is 0.200. The Balaban J connectivity index is 2.81. The number of hydrogen-bond donors (Lipinski definition) is 1. The van der Waals surface area contributed by atoms with Crippen molar-refractivity contribution < 1.29 is 13.5 Å². The van der Waals surface area contributed by atoms with E-state index < -0.39 is 15.9 Å². The maximum absolute atomic E-state index is 10.9. The molecule has 1 N–H and O–H groups in total. The van der Waals surface area contributed by atoms with Crippen LogP contribution in [0.15, 0.2) is 11.4 Å². The molecular weight excluding hydrogens is 208 g/mol. The molecule has 0 aliphatic rings. The van der Waals surface area contributed by atoms with E-state index in [1.54, 1.807) is 0 Å². The van der Waals surface area contributed by atoms with Crippen LogP contribution in [0.1, 0.15) is 16.5 Å². The molecule has 0 radical (unpaired) electrons. The molecule has 74 valence electrons. The molecule has 0 amide bonds. The zero-order valence-electron chi connectivity index (χ0n) is 7.52. The molecule has 0 spiro atoms. The lowest BCUT2D eigenvalue weighted by Gasteiger charge is -2.07. The summed E-state index contributed by atoms with van der Waals surface area (Å²) in [6, 6.07) is 1.87. The normalized spacial score (nSPS) is 14.4. The molecule has 1 aromatic rings. The number of aliphatic hydroxyl groups excluding tert-OH is 1. The fourth-order valence-electron chi connectivity index (χ4n) is 1.09. The number of rotatable bonds is 3. The van der Waals surface area contributed by atoms with Gasteiger partial charge in [0.1, 0.15) is 15.9 Å². The van der Waals surface area contributed by atoms with Crippen LogP contribution in [0.3, 0.4) is 0 Å². The number of aryl methyl sites for hydroxylation is 1. The van der Waals surface area contributed by atoms with Gasteiger partial charge in [0.15, 0.2) is 0 Å². The van der Waals surface area contributed by atoms with E-state index in [1.807, 2.05) is 18.4 Å². The molecule has 0 aliphatic carbocycles. The summed E-state index contributed by atoms with van der Waals surface area (Å²) in [5.41, 5.74) is 0.946. The number of sulfone groups is 1. The van der Waals surface area contributed by atoms with Crippen molar-refractivity contribution in [2.45, 2.75) is 13.0 Å². The van der Waals surface area contributed by atoms with Crippen molar-refractivity contribution in [3.05, 3.63) is 21.9 Å². The monoisotopic (exact) mass is 220 g/mol. The maximum Gasteiger partial charge on any atom is 0.150 e. The van der Waals surface area contributed by atoms with Crippen molar-refractivity contribution in [1.82, 2.24) is 0 Å². The summed E-state index contributed by atoms with van der Waals surface area (Å²) in [6.45, 7) is 1.86. The largest absolute Gasteiger partial charge is 0.387 e. The standard InChI is InChI=1S/C8H12O3S2/c1-6-3-4-12-8(6)7(9)5-13(2,10)11/h3-4,7,9H,5H2,1-2H3. The lowest BCUT2D eigenvalue weighted by Crippen LogP contribution is -2.12. The zero-order valence-corrected chi connectivity index (χ0v) is 9.15. The first-order valence-electron chi connectivity index (χ1n) is 3.80. The topological polar surface area (TPSA) is 54.4 Å². The average molecular weight is 220 g/mol. The highest BCUT2D eigenvalue weighted by atomic mass is 32.2. The van der Waals surface area contributed by atoms with Gasteiger partial charge >= 0.3 is 0 Å². The summed E-state index contributed by atoms with van der Waals surface area (Å²) >= 11 is 1.38. The Kier molecular flexibility index (Phi) is 3.10. The van der Waals surface area contributed by atoms with Crippen LogP contribution in [-0.4, -0.2) is 25.5 Å². The van der Waals surface area contributed by atoms with E-state index in [2.05, 4.69) is 0 Å². The van der Waals surface area contributed by atoms with Crippen molar-refractivity contribution in [2.75, 3.05) is 12.0 Å². The predicted molar refractivity (Wildman–Crippen MR) is 53.7 cm³/mol. The molecule has 5 heteroatoms. The molecule has 13 heavy (non-hydrogen) atoms. The lowest BCUT2D eigenvalue weighted by atomic mass is 10.2. The van der Waals surface area contributed by atoms with Gasteiger partial charge in [0.25, 0.3) is 0 Å². The third kappa shape index (κ3) is 3.10. The van der Waals surface area contributed by atoms with E-state index in [1.165, 1.54) is 11.3 Å². The maximum atomic E-state index is 10.9. The fourth-order valence-corrected chi connectivity index (χ4v) is 2.85. The van der Waals surface area contributed by atoms with Gasteiger partial charge in [-0.25, -0.2) is 8.42 Å². The first-order valence-corrected chi connectivity index (χ1v) is 6.74. The van der Waals surface area contributed by atoms with Gasteiger partial charge in [-0.3, -0.25) is 0 Å². The van der Waals surface area contributed by atoms with Crippen LogP contribution in [0.4, 0.5) is 0 Å². The van der Waals surface area contributed by atoms with Gasteiger partial charge in [-0.15, -0.1) is 11.3 Å². The van der Waals surface area contributed by atoms with E-state index >= 15 is 0 Å². The quantitative estimate of drug-likeness (QED) is 0.831. The van der Waals surface area contributed by atoms with Crippen LogP contribution in [-0.2, 0) is 9.84 Å². The van der Waals surface area contributed by atoms with E-state index in [-0.39, 0.29) is 5.75 Å². The molecule has 0 saturated heterocycles. The molecule has 3 nitrogen and oxygen atoms in total. The molecule has 1 rings (SSSR count). The summed E-state index contributed by atoms with van der Waals surface area (Å²) < 4.78 is 21.8. The van der Waals surface area contributed by atoms with Crippen molar-refractivity contribution in [3.63, 3.8) is 0 Å². The molecule has 1 unspecified atom stereocenters. The van der Waals surface area contributed by atoms with E-state index in [0.29, 0.717) is 0 Å². The van der Waals surface area contributed by atoms with Crippen LogP contribution in [0, 0.1) is 6.92 Å². The summed E-state index contributed by atoms with van der Waals surface area (Å²) in [4.78, 5) is 0.741.